The van der Waals surface area contributed by atoms with Crippen LogP contribution in [0.5, 0.6) is 0 Å². The van der Waals surface area contributed by atoms with Gasteiger partial charge in [0.1, 0.15) is 5.82 Å². The number of hydrogen-bond donors (Lipinski definition) is 1. The second kappa shape index (κ2) is 8.23. The van der Waals surface area contributed by atoms with E-state index in [9.17, 15) is 18.8 Å². The van der Waals surface area contributed by atoms with Crippen molar-refractivity contribution in [3.63, 3.8) is 0 Å². The van der Waals surface area contributed by atoms with Crippen molar-refractivity contribution < 1.29 is 14.0 Å². The molecule has 0 unspecified atom stereocenters. The van der Waals surface area contributed by atoms with Crippen LogP contribution in [-0.2, 0) is 11.3 Å². The van der Waals surface area contributed by atoms with Crippen LogP contribution in [0.4, 0.5) is 4.39 Å². The van der Waals surface area contributed by atoms with Crippen molar-refractivity contribution in [3.05, 3.63) is 106 Å². The number of aromatic nitrogens is 1. The van der Waals surface area contributed by atoms with Gasteiger partial charge in [-0.2, -0.15) is 0 Å². The van der Waals surface area contributed by atoms with E-state index in [1.54, 1.807) is 6.07 Å². The van der Waals surface area contributed by atoms with Gasteiger partial charge in [-0.3, -0.25) is 19.0 Å². The first-order valence-corrected chi connectivity index (χ1v) is 8.35. The van der Waals surface area contributed by atoms with E-state index in [0.29, 0.717) is 0 Å². The highest BCUT2D eigenvalue weighted by atomic mass is 19.1. The summed E-state index contributed by atoms with van der Waals surface area (Å²) < 4.78 is 14.2. The van der Waals surface area contributed by atoms with Gasteiger partial charge in [0.25, 0.3) is 11.5 Å². The highest BCUT2D eigenvalue weighted by Gasteiger charge is 2.29. The van der Waals surface area contributed by atoms with Gasteiger partial charge in [-0.1, -0.05) is 36.4 Å². The number of Topliss-reactive ketones (excluding diaryl/α,β-unsaturated/α-hetero) is 1. The summed E-state index contributed by atoms with van der Waals surface area (Å²) in [4.78, 5) is 37.9. The van der Waals surface area contributed by atoms with Crippen LogP contribution < -0.4 is 10.9 Å². The smallest absolute Gasteiger partial charge is 0.251 e. The van der Waals surface area contributed by atoms with Crippen molar-refractivity contribution in [1.29, 1.82) is 0 Å². The molecule has 27 heavy (non-hydrogen) atoms. The second-order valence-electron chi connectivity index (χ2n) is 5.92. The van der Waals surface area contributed by atoms with Crippen molar-refractivity contribution in [2.24, 2.45) is 0 Å². The first-order valence-electron chi connectivity index (χ1n) is 8.35. The monoisotopic (exact) mass is 364 g/mol. The lowest BCUT2D eigenvalue weighted by Gasteiger charge is -2.18. The van der Waals surface area contributed by atoms with Crippen LogP contribution in [0.3, 0.4) is 0 Å². The molecular formula is C21H17FN2O3. The topological polar surface area (TPSA) is 68.2 Å². The SMILES string of the molecule is O=C(NCc1ccccc1)[C@H](C(=O)c1ccc(F)cc1)n1ccccc1=O. The summed E-state index contributed by atoms with van der Waals surface area (Å²) in [5.41, 5.74) is 0.527. The van der Waals surface area contributed by atoms with Crippen molar-refractivity contribution >= 4 is 11.7 Å². The van der Waals surface area contributed by atoms with Gasteiger partial charge in [0.2, 0.25) is 0 Å². The van der Waals surface area contributed by atoms with E-state index in [0.717, 1.165) is 22.3 Å². The summed E-state index contributed by atoms with van der Waals surface area (Å²) in [6.45, 7) is 0.217. The van der Waals surface area contributed by atoms with E-state index in [2.05, 4.69) is 5.32 Å². The first kappa shape index (κ1) is 18.3. The number of rotatable bonds is 6. The molecule has 1 N–H and O–H groups in total. The summed E-state index contributed by atoms with van der Waals surface area (Å²) in [7, 11) is 0. The molecule has 3 aromatic rings. The van der Waals surface area contributed by atoms with Gasteiger partial charge in [0, 0.05) is 24.4 Å². The molecule has 2 aromatic carbocycles. The Morgan fingerprint density at radius 2 is 1.59 bits per heavy atom. The van der Waals surface area contributed by atoms with Crippen molar-refractivity contribution in [3.8, 4) is 0 Å². The third-order valence-electron chi connectivity index (χ3n) is 4.06. The molecule has 1 amide bonds. The maximum Gasteiger partial charge on any atom is 0.251 e. The van der Waals surface area contributed by atoms with E-state index in [-0.39, 0.29) is 12.1 Å². The average Bonchev–Trinajstić information content (AvgIpc) is 2.69. The molecule has 0 saturated heterocycles. The number of carbonyl (C=O) groups excluding carboxylic acids is 2. The fourth-order valence-electron chi connectivity index (χ4n) is 2.68. The Morgan fingerprint density at radius 3 is 2.26 bits per heavy atom. The number of pyridine rings is 1. The zero-order valence-corrected chi connectivity index (χ0v) is 14.3. The fraction of sp³-hybridized carbons (Fsp3) is 0.0952. The fourth-order valence-corrected chi connectivity index (χ4v) is 2.68. The molecule has 1 heterocycles. The Morgan fingerprint density at radius 1 is 0.926 bits per heavy atom. The maximum absolute atomic E-state index is 13.2. The number of benzene rings is 2. The Kier molecular flexibility index (Phi) is 5.56. The summed E-state index contributed by atoms with van der Waals surface area (Å²) in [5, 5.41) is 2.69. The Labute approximate surface area is 155 Å². The molecule has 1 atom stereocenters. The number of amides is 1. The summed E-state index contributed by atoms with van der Waals surface area (Å²) >= 11 is 0. The Bertz CT molecular complexity index is 998. The number of carbonyl (C=O) groups is 2. The molecule has 136 valence electrons. The number of hydrogen-bond acceptors (Lipinski definition) is 3. The van der Waals surface area contributed by atoms with Crippen molar-refractivity contribution in [2.75, 3.05) is 0 Å². The molecular weight excluding hydrogens is 347 g/mol. The first-order chi connectivity index (χ1) is 13.1. The number of ketones is 1. The molecule has 0 aliphatic heterocycles. The van der Waals surface area contributed by atoms with E-state index in [4.69, 9.17) is 0 Å². The largest absolute Gasteiger partial charge is 0.350 e. The molecule has 0 spiro atoms. The molecule has 0 bridgehead atoms. The highest BCUT2D eigenvalue weighted by molar-refractivity contribution is 6.11. The third kappa shape index (κ3) is 4.36. The summed E-state index contributed by atoms with van der Waals surface area (Å²) in [6, 6.07) is 17.1. The lowest BCUT2D eigenvalue weighted by molar-refractivity contribution is -0.123. The van der Waals surface area contributed by atoms with Crippen LogP contribution >= 0.6 is 0 Å². The lowest BCUT2D eigenvalue weighted by Crippen LogP contribution is -2.41. The molecule has 0 fully saturated rings. The zero-order chi connectivity index (χ0) is 19.2. The van der Waals surface area contributed by atoms with Gasteiger partial charge >= 0.3 is 0 Å². The van der Waals surface area contributed by atoms with Crippen LogP contribution in [0, 0.1) is 5.82 Å². The molecule has 0 radical (unpaired) electrons. The van der Waals surface area contributed by atoms with Gasteiger partial charge in [-0.15, -0.1) is 0 Å². The predicted molar refractivity (Wildman–Crippen MR) is 98.8 cm³/mol. The third-order valence-corrected chi connectivity index (χ3v) is 4.06. The predicted octanol–water partition coefficient (Wildman–Crippen LogP) is 2.73. The summed E-state index contributed by atoms with van der Waals surface area (Å²) in [5.74, 6) is -1.69. The van der Waals surface area contributed by atoms with Crippen molar-refractivity contribution in [1.82, 2.24) is 9.88 Å². The van der Waals surface area contributed by atoms with E-state index in [1.165, 1.54) is 30.5 Å². The minimum atomic E-state index is -1.38. The van der Waals surface area contributed by atoms with Crippen LogP contribution in [0.15, 0.2) is 83.8 Å². The number of nitrogens with zero attached hydrogens (tertiary/aromatic N) is 1. The van der Waals surface area contributed by atoms with E-state index < -0.39 is 29.1 Å². The molecule has 5 nitrogen and oxygen atoms in total. The molecule has 6 heteroatoms. The zero-order valence-electron chi connectivity index (χ0n) is 14.3. The van der Waals surface area contributed by atoms with Crippen LogP contribution in [0.1, 0.15) is 22.0 Å². The molecule has 1 aromatic heterocycles. The molecule has 0 aliphatic rings. The maximum atomic E-state index is 13.2. The molecule has 0 aliphatic carbocycles. The highest BCUT2D eigenvalue weighted by Crippen LogP contribution is 2.15. The van der Waals surface area contributed by atoms with Gasteiger partial charge in [0.15, 0.2) is 11.8 Å². The minimum Gasteiger partial charge on any atom is -0.350 e. The second-order valence-corrected chi connectivity index (χ2v) is 5.92. The van der Waals surface area contributed by atoms with Crippen LogP contribution in [0.2, 0.25) is 0 Å². The quantitative estimate of drug-likeness (QED) is 0.540. The lowest BCUT2D eigenvalue weighted by atomic mass is 10.0. The minimum absolute atomic E-state index is 0.145. The average molecular weight is 364 g/mol. The van der Waals surface area contributed by atoms with Crippen LogP contribution in [-0.4, -0.2) is 16.3 Å². The molecule has 0 saturated carbocycles. The standard InChI is InChI=1S/C21H17FN2O3/c22-17-11-9-16(10-12-17)20(26)19(24-13-5-4-8-18(24)25)21(27)23-14-15-6-2-1-3-7-15/h1-13,19H,14H2,(H,23,27)/t19-/m0/s1. The Balaban J connectivity index is 1.91. The molecule has 3 rings (SSSR count). The van der Waals surface area contributed by atoms with E-state index >= 15 is 0 Å². The van der Waals surface area contributed by atoms with Gasteiger partial charge < -0.3 is 5.32 Å². The van der Waals surface area contributed by atoms with Gasteiger partial charge in [-0.25, -0.2) is 4.39 Å². The Hall–Kier alpha value is -3.54. The van der Waals surface area contributed by atoms with Gasteiger partial charge in [0.05, 0.1) is 0 Å². The van der Waals surface area contributed by atoms with Crippen LogP contribution in [0.25, 0.3) is 0 Å². The number of halogens is 1. The summed E-state index contributed by atoms with van der Waals surface area (Å²) in [6.07, 6.45) is 1.39. The van der Waals surface area contributed by atoms with Crippen molar-refractivity contribution in [2.45, 2.75) is 12.6 Å². The normalized spacial score (nSPS) is 11.6. The number of nitrogens with one attached hydrogen (secondary N) is 1. The van der Waals surface area contributed by atoms with E-state index in [1.807, 2.05) is 30.3 Å². The van der Waals surface area contributed by atoms with Gasteiger partial charge in [-0.05, 0) is 35.9 Å².